The van der Waals surface area contributed by atoms with Crippen molar-refractivity contribution < 1.29 is 9.47 Å². The van der Waals surface area contributed by atoms with E-state index in [-0.39, 0.29) is 0 Å². The monoisotopic (exact) mass is 327 g/mol. The lowest BCUT2D eigenvalue weighted by atomic mass is 10.0. The highest BCUT2D eigenvalue weighted by Crippen LogP contribution is 2.28. The highest BCUT2D eigenvalue weighted by molar-refractivity contribution is 5.12. The maximum Gasteiger partial charge on any atom is 0.213 e. The van der Waals surface area contributed by atoms with E-state index in [1.54, 1.807) is 6.20 Å². The molecule has 0 amide bonds. The fraction of sp³-hybridized carbons (Fsp3) is 0.526. The molecule has 4 rings (SSSR count). The summed E-state index contributed by atoms with van der Waals surface area (Å²) in [5, 5.41) is 0. The Balaban J connectivity index is 1.39. The molecular formula is C19H25N3O2. The van der Waals surface area contributed by atoms with Crippen LogP contribution in [0.3, 0.4) is 0 Å². The number of aromatic nitrogens is 2. The van der Waals surface area contributed by atoms with Gasteiger partial charge in [-0.25, -0.2) is 4.98 Å². The molecule has 4 heterocycles. The normalized spacial score (nSPS) is 22.2. The van der Waals surface area contributed by atoms with Crippen LogP contribution in [0.15, 0.2) is 42.7 Å². The maximum atomic E-state index is 5.82. The lowest BCUT2D eigenvalue weighted by Crippen LogP contribution is -2.45. The van der Waals surface area contributed by atoms with E-state index in [0.717, 1.165) is 45.6 Å². The summed E-state index contributed by atoms with van der Waals surface area (Å²) >= 11 is 0. The SMILES string of the molecule is c1ccc(OCC[C@H]2CN(C3CCOCC3)Cc3cccn32)nc1. The molecule has 5 nitrogen and oxygen atoms in total. The van der Waals surface area contributed by atoms with Gasteiger partial charge in [0.2, 0.25) is 5.88 Å². The molecule has 1 saturated heterocycles. The van der Waals surface area contributed by atoms with E-state index in [1.807, 2.05) is 18.2 Å². The molecule has 0 radical (unpaired) electrons. The van der Waals surface area contributed by atoms with Gasteiger partial charge in [-0.3, -0.25) is 4.90 Å². The van der Waals surface area contributed by atoms with Crippen LogP contribution in [0.2, 0.25) is 0 Å². The fourth-order valence-electron chi connectivity index (χ4n) is 3.84. The highest BCUT2D eigenvalue weighted by Gasteiger charge is 2.29. The van der Waals surface area contributed by atoms with Gasteiger partial charge in [-0.05, 0) is 31.0 Å². The van der Waals surface area contributed by atoms with Crippen LogP contribution in [0.4, 0.5) is 0 Å². The first-order chi connectivity index (χ1) is 11.9. The third kappa shape index (κ3) is 3.47. The second-order valence-electron chi connectivity index (χ2n) is 6.64. The maximum absolute atomic E-state index is 5.82. The van der Waals surface area contributed by atoms with Crippen molar-refractivity contribution in [3.63, 3.8) is 0 Å². The number of hydrogen-bond donors (Lipinski definition) is 0. The molecule has 0 aromatic carbocycles. The van der Waals surface area contributed by atoms with E-state index in [2.05, 4.69) is 32.8 Å². The third-order valence-electron chi connectivity index (χ3n) is 5.12. The van der Waals surface area contributed by atoms with E-state index in [4.69, 9.17) is 9.47 Å². The molecule has 2 aromatic rings. The summed E-state index contributed by atoms with van der Waals surface area (Å²) in [4.78, 5) is 6.87. The van der Waals surface area contributed by atoms with Gasteiger partial charge in [-0.15, -0.1) is 0 Å². The molecule has 0 spiro atoms. The van der Waals surface area contributed by atoms with Gasteiger partial charge in [0.1, 0.15) is 0 Å². The number of rotatable bonds is 5. The van der Waals surface area contributed by atoms with E-state index < -0.39 is 0 Å². The Hall–Kier alpha value is -1.85. The minimum Gasteiger partial charge on any atom is -0.478 e. The van der Waals surface area contributed by atoms with E-state index in [0.29, 0.717) is 24.6 Å². The van der Waals surface area contributed by atoms with Gasteiger partial charge in [0.15, 0.2) is 0 Å². The van der Waals surface area contributed by atoms with E-state index in [9.17, 15) is 0 Å². The smallest absolute Gasteiger partial charge is 0.213 e. The molecule has 2 aliphatic rings. The summed E-state index contributed by atoms with van der Waals surface area (Å²) in [6.45, 7) is 4.64. The zero-order valence-electron chi connectivity index (χ0n) is 14.0. The van der Waals surface area contributed by atoms with E-state index >= 15 is 0 Å². The van der Waals surface area contributed by atoms with Gasteiger partial charge in [0, 0.05) is 69.0 Å². The Morgan fingerprint density at radius 3 is 2.92 bits per heavy atom. The van der Waals surface area contributed by atoms with Crippen molar-refractivity contribution in [2.24, 2.45) is 0 Å². The molecule has 5 heteroatoms. The first-order valence-corrected chi connectivity index (χ1v) is 8.91. The first kappa shape index (κ1) is 15.7. The summed E-state index contributed by atoms with van der Waals surface area (Å²) in [6, 6.07) is 11.3. The van der Waals surface area contributed by atoms with Crippen molar-refractivity contribution in [3.05, 3.63) is 48.4 Å². The fourth-order valence-corrected chi connectivity index (χ4v) is 3.84. The number of nitrogens with zero attached hydrogens (tertiary/aromatic N) is 3. The van der Waals surface area contributed by atoms with Crippen LogP contribution in [0, 0.1) is 0 Å². The van der Waals surface area contributed by atoms with Crippen LogP contribution >= 0.6 is 0 Å². The predicted molar refractivity (Wildman–Crippen MR) is 92.1 cm³/mol. The molecule has 0 unspecified atom stereocenters. The van der Waals surface area contributed by atoms with Crippen LogP contribution in [-0.2, 0) is 11.3 Å². The Labute approximate surface area is 143 Å². The average molecular weight is 327 g/mol. The highest BCUT2D eigenvalue weighted by atomic mass is 16.5. The Bertz CT molecular complexity index is 637. The molecule has 2 aliphatic heterocycles. The molecule has 0 saturated carbocycles. The van der Waals surface area contributed by atoms with Crippen LogP contribution in [0.1, 0.15) is 31.0 Å². The molecule has 0 N–H and O–H groups in total. The quantitative estimate of drug-likeness (QED) is 0.846. The average Bonchev–Trinajstić information content (AvgIpc) is 3.12. The van der Waals surface area contributed by atoms with Crippen molar-refractivity contribution in [3.8, 4) is 5.88 Å². The zero-order valence-corrected chi connectivity index (χ0v) is 14.0. The molecule has 0 aliphatic carbocycles. The third-order valence-corrected chi connectivity index (χ3v) is 5.12. The van der Waals surface area contributed by atoms with Crippen molar-refractivity contribution in [2.45, 2.75) is 37.9 Å². The summed E-state index contributed by atoms with van der Waals surface area (Å²) in [6.07, 6.45) is 7.28. The van der Waals surface area contributed by atoms with Gasteiger partial charge < -0.3 is 14.0 Å². The summed E-state index contributed by atoms with van der Waals surface area (Å²) in [7, 11) is 0. The standard InChI is InChI=1S/C19H25N3O2/c1-2-9-20-19(5-1)24-13-8-18-15-21(16-6-11-23-12-7-16)14-17-4-3-10-22(17)18/h1-5,9-10,16,18H,6-8,11-15H2/t18-/m0/s1. The largest absolute Gasteiger partial charge is 0.478 e. The zero-order chi connectivity index (χ0) is 16.2. The number of ether oxygens (including phenoxy) is 2. The Kier molecular flexibility index (Phi) is 4.81. The molecule has 24 heavy (non-hydrogen) atoms. The topological polar surface area (TPSA) is 39.5 Å². The summed E-state index contributed by atoms with van der Waals surface area (Å²) in [5.74, 6) is 0.710. The minimum atomic E-state index is 0.468. The Morgan fingerprint density at radius 2 is 2.08 bits per heavy atom. The van der Waals surface area contributed by atoms with Gasteiger partial charge in [0.25, 0.3) is 0 Å². The molecule has 0 bridgehead atoms. The molecule has 128 valence electrons. The second kappa shape index (κ2) is 7.36. The molecule has 1 atom stereocenters. The van der Waals surface area contributed by atoms with Crippen molar-refractivity contribution in [1.82, 2.24) is 14.5 Å². The minimum absolute atomic E-state index is 0.468. The van der Waals surface area contributed by atoms with Crippen LogP contribution in [0.5, 0.6) is 5.88 Å². The molecular weight excluding hydrogens is 302 g/mol. The lowest BCUT2D eigenvalue weighted by molar-refractivity contribution is 0.0163. The summed E-state index contributed by atoms with van der Waals surface area (Å²) in [5.41, 5.74) is 1.41. The van der Waals surface area contributed by atoms with Crippen LogP contribution in [-0.4, -0.2) is 46.9 Å². The summed E-state index contributed by atoms with van der Waals surface area (Å²) < 4.78 is 13.8. The molecule has 2 aromatic heterocycles. The van der Waals surface area contributed by atoms with Gasteiger partial charge in [-0.2, -0.15) is 0 Å². The van der Waals surface area contributed by atoms with Gasteiger partial charge >= 0.3 is 0 Å². The van der Waals surface area contributed by atoms with Crippen molar-refractivity contribution >= 4 is 0 Å². The van der Waals surface area contributed by atoms with Crippen molar-refractivity contribution in [1.29, 1.82) is 0 Å². The number of fused-ring (bicyclic) bond motifs is 1. The second-order valence-corrected chi connectivity index (χ2v) is 6.64. The van der Waals surface area contributed by atoms with Gasteiger partial charge in [0.05, 0.1) is 6.61 Å². The van der Waals surface area contributed by atoms with Crippen LogP contribution < -0.4 is 4.74 Å². The Morgan fingerprint density at radius 1 is 1.17 bits per heavy atom. The number of pyridine rings is 1. The van der Waals surface area contributed by atoms with E-state index in [1.165, 1.54) is 5.69 Å². The first-order valence-electron chi connectivity index (χ1n) is 8.91. The van der Waals surface area contributed by atoms with Crippen molar-refractivity contribution in [2.75, 3.05) is 26.4 Å². The number of hydrogen-bond acceptors (Lipinski definition) is 4. The van der Waals surface area contributed by atoms with Crippen LogP contribution in [0.25, 0.3) is 0 Å². The van der Waals surface area contributed by atoms with Gasteiger partial charge in [-0.1, -0.05) is 6.07 Å². The molecule has 1 fully saturated rings. The predicted octanol–water partition coefficient (Wildman–Crippen LogP) is 2.89. The lowest BCUT2D eigenvalue weighted by Gasteiger charge is -2.41.